The summed E-state index contributed by atoms with van der Waals surface area (Å²) < 4.78 is 28.0. The summed E-state index contributed by atoms with van der Waals surface area (Å²) in [4.78, 5) is 158. The second kappa shape index (κ2) is 48.9. The number of anilines is 1. The first-order valence-electron chi connectivity index (χ1n) is 38.3. The highest BCUT2D eigenvalue weighted by Crippen LogP contribution is 2.33. The zero-order chi connectivity index (χ0) is 80.9. The number of aliphatic hydroxyl groups is 1. The van der Waals surface area contributed by atoms with E-state index < -0.39 is 102 Å². The molecule has 0 spiro atoms. The molecule has 4 rings (SSSR count). The summed E-state index contributed by atoms with van der Waals surface area (Å²) in [6.07, 6.45) is 3.07. The molecule has 1 aliphatic heterocycles. The van der Waals surface area contributed by atoms with E-state index in [0.717, 1.165) is 36.9 Å². The summed E-state index contributed by atoms with van der Waals surface area (Å²) in [5.41, 5.74) is 7.27. The fourth-order valence-electron chi connectivity index (χ4n) is 12.2. The van der Waals surface area contributed by atoms with Crippen molar-refractivity contribution in [1.82, 2.24) is 56.5 Å². The molecule has 3 aromatic rings. The second-order valence-electron chi connectivity index (χ2n) is 28.7. The van der Waals surface area contributed by atoms with Crippen molar-refractivity contribution in [1.29, 1.82) is 0 Å². The van der Waals surface area contributed by atoms with Gasteiger partial charge in [-0.15, -0.1) is 11.3 Å². The van der Waals surface area contributed by atoms with Gasteiger partial charge >= 0.3 is 24.2 Å². The van der Waals surface area contributed by atoms with Gasteiger partial charge in [0.1, 0.15) is 47.3 Å². The fourth-order valence-corrected chi connectivity index (χ4v) is 13.1. The molecule has 2 aromatic carbocycles. The molecular formula is C77H123N13O18S. The van der Waals surface area contributed by atoms with Crippen molar-refractivity contribution in [3.05, 3.63) is 75.7 Å². The topological polar surface area (TPSA) is 410 Å². The number of hydrogen-bond donors (Lipinski definition) is 10. The summed E-state index contributed by atoms with van der Waals surface area (Å²) in [7, 11) is 6.48. The van der Waals surface area contributed by atoms with Crippen LogP contribution in [0.1, 0.15) is 185 Å². The molecule has 31 nitrogen and oxygen atoms in total. The molecule has 11 N–H and O–H groups in total. The number of amides is 11. The molecule has 0 saturated carbocycles. The number of alkyl carbamates (subject to hydrolysis) is 1. The summed E-state index contributed by atoms with van der Waals surface area (Å²) in [6, 6.07) is 8.50. The number of carbonyl (C=O) groups excluding carboxylic acids is 10. The average Bonchev–Trinajstić information content (AvgIpc) is 1.72. The van der Waals surface area contributed by atoms with Crippen molar-refractivity contribution in [2.45, 2.75) is 220 Å². The molecule has 11 atom stereocenters. The van der Waals surface area contributed by atoms with Crippen molar-refractivity contribution in [2.75, 3.05) is 92.7 Å². The van der Waals surface area contributed by atoms with Crippen LogP contribution in [-0.2, 0) is 65.4 Å². The summed E-state index contributed by atoms with van der Waals surface area (Å²) in [6.45, 7) is 20.4. The molecule has 0 radical (unpaired) electrons. The van der Waals surface area contributed by atoms with Gasteiger partial charge in [-0.05, 0) is 131 Å². The zero-order valence-electron chi connectivity index (χ0n) is 66.3. The molecule has 2 unspecified atom stereocenters. The second-order valence-corrected chi connectivity index (χ2v) is 29.6. The third-order valence-corrected chi connectivity index (χ3v) is 20.2. The van der Waals surface area contributed by atoms with Gasteiger partial charge in [-0.2, -0.15) is 0 Å². The smallest absolute Gasteiger partial charge is 0.415 e. The number of carbonyl (C=O) groups is 11. The van der Waals surface area contributed by atoms with Crippen LogP contribution in [0.25, 0.3) is 0 Å². The van der Waals surface area contributed by atoms with Crippen LogP contribution in [0.15, 0.2) is 53.9 Å². The van der Waals surface area contributed by atoms with Crippen LogP contribution in [0.2, 0.25) is 0 Å². The first-order chi connectivity index (χ1) is 51.9. The van der Waals surface area contributed by atoms with E-state index in [2.05, 4.69) is 56.0 Å². The van der Waals surface area contributed by atoms with Crippen molar-refractivity contribution in [3.63, 3.8) is 0 Å². The van der Waals surface area contributed by atoms with Gasteiger partial charge in [-0.1, -0.05) is 106 Å². The van der Waals surface area contributed by atoms with E-state index in [1.165, 1.54) is 28.2 Å². The summed E-state index contributed by atoms with van der Waals surface area (Å²) in [5, 5.41) is 40.9. The molecule has 109 heavy (non-hydrogen) atoms. The standard InChI is InChI=1S/C77H123N13O18S/c1-15-37-90(73(98)67(50(9)17-3)86-70(96)60-23-19-20-38-87(60)11)61(48(5)6)44-62(105-41-16-2)72-84-59(47-109-72)69(95)82-55(42-51(10)74(99)100)43-53-26-31-57(32-27-53)108-77(103)89(13)40-39-88(12)64(93)33-28-52-24-29-54(30-25-52)81-68(94)58(22-21-35-79-75(78)101)83-71(97)66(49(7)8)85-63(92)34-36-80-76(102)106-46-65(104-14)107-56(18-4)45-91/h24-27,29-32,47-51,55-56,58,60-62,65-67,91H,15-23,28,33-46H2,1-14H3,(H,80,102)(H,81,94)(H,82,95)(H,83,97)(H,85,92)(H,86,96)(H,99,100)(H3,78,79,101)/t50-,51-,55+,56?,58+,60+,61+,62+,65?,66+,67-/m0/s1. The molecule has 1 fully saturated rings. The van der Waals surface area contributed by atoms with E-state index in [1.54, 1.807) is 88.8 Å². The van der Waals surface area contributed by atoms with Gasteiger partial charge in [-0.25, -0.2) is 19.4 Å². The number of nitrogens with zero attached hydrogens (tertiary/aromatic N) is 5. The van der Waals surface area contributed by atoms with Crippen LogP contribution >= 0.6 is 11.3 Å². The minimum atomic E-state index is -1.12. The van der Waals surface area contributed by atoms with Gasteiger partial charge in [-0.3, -0.25) is 43.3 Å². The number of thiazole rings is 1. The van der Waals surface area contributed by atoms with Gasteiger partial charge in [0.2, 0.25) is 35.4 Å². The molecule has 32 heteroatoms. The maximum atomic E-state index is 14.9. The number of aryl methyl sites for hydroxylation is 1. The number of methoxy groups -OCH3 is 1. The van der Waals surface area contributed by atoms with Crippen molar-refractivity contribution in [2.24, 2.45) is 29.4 Å². The van der Waals surface area contributed by atoms with E-state index >= 15 is 0 Å². The van der Waals surface area contributed by atoms with Gasteiger partial charge in [0, 0.05) is 103 Å². The highest BCUT2D eigenvalue weighted by Gasteiger charge is 2.39. The molecule has 2 heterocycles. The van der Waals surface area contributed by atoms with Crippen LogP contribution in [0.4, 0.5) is 20.1 Å². The Labute approximate surface area is 646 Å². The number of aromatic nitrogens is 1. The van der Waals surface area contributed by atoms with Gasteiger partial charge in [0.15, 0.2) is 6.29 Å². The number of benzene rings is 2. The van der Waals surface area contributed by atoms with Gasteiger partial charge in [0.05, 0.1) is 24.7 Å². The number of ether oxygens (including phenoxy) is 5. The Morgan fingerprint density at radius 3 is 2.06 bits per heavy atom. The quantitative estimate of drug-likeness (QED) is 0.0198. The number of urea groups is 1. The molecule has 0 bridgehead atoms. The molecule has 1 aliphatic rings. The number of aliphatic carboxylic acids is 1. The molecule has 1 aromatic heterocycles. The number of piperidine rings is 1. The Morgan fingerprint density at radius 2 is 1.45 bits per heavy atom. The van der Waals surface area contributed by atoms with Crippen LogP contribution in [0, 0.1) is 23.7 Å². The van der Waals surface area contributed by atoms with Gasteiger partial charge < -0.3 is 91.5 Å². The molecule has 11 amide bonds. The Balaban J connectivity index is 1.31. The third-order valence-electron chi connectivity index (χ3n) is 19.2. The minimum Gasteiger partial charge on any atom is -0.481 e. The lowest BCUT2D eigenvalue weighted by Gasteiger charge is -2.40. The number of aliphatic hydroxyl groups excluding tert-OH is 1. The van der Waals surface area contributed by atoms with Crippen LogP contribution < -0.4 is 47.7 Å². The molecular weight excluding hydrogens is 1430 g/mol. The minimum absolute atomic E-state index is 0.0118. The van der Waals surface area contributed by atoms with E-state index in [-0.39, 0.29) is 131 Å². The maximum Gasteiger partial charge on any atom is 0.415 e. The Morgan fingerprint density at radius 1 is 0.761 bits per heavy atom. The molecule has 0 aliphatic carbocycles. The Bertz CT molecular complexity index is 3340. The monoisotopic (exact) mass is 1550 g/mol. The lowest BCUT2D eigenvalue weighted by atomic mass is 9.92. The Kier molecular flexibility index (Phi) is 41.6. The first kappa shape index (κ1) is 92.8. The summed E-state index contributed by atoms with van der Waals surface area (Å²) >= 11 is 1.28. The number of hydrogen-bond acceptors (Lipinski definition) is 20. The maximum absolute atomic E-state index is 14.9. The average molecular weight is 1550 g/mol. The van der Waals surface area contributed by atoms with Crippen LogP contribution in [0.3, 0.4) is 0 Å². The number of likely N-dealkylation sites (N-methyl/N-ethyl adjacent to an activating group) is 3. The number of likely N-dealkylation sites (tertiary alicyclic amines) is 1. The number of nitrogens with two attached hydrogens (primary N) is 1. The van der Waals surface area contributed by atoms with Crippen molar-refractivity contribution in [3.8, 4) is 5.75 Å². The lowest BCUT2D eigenvalue weighted by molar-refractivity contribution is -0.181. The van der Waals surface area contributed by atoms with Gasteiger partial charge in [0.25, 0.3) is 5.91 Å². The highest BCUT2D eigenvalue weighted by molar-refractivity contribution is 7.09. The van der Waals surface area contributed by atoms with Crippen molar-refractivity contribution < 1.29 is 86.6 Å². The molecule has 610 valence electrons. The van der Waals surface area contributed by atoms with E-state index in [1.807, 2.05) is 46.6 Å². The van der Waals surface area contributed by atoms with Crippen molar-refractivity contribution >= 4 is 82.6 Å². The molecule has 1 saturated heterocycles. The highest BCUT2D eigenvalue weighted by atomic mass is 32.1. The SMILES string of the molecule is CCCO[C@H](C[C@H](C(C)C)N(CCC)C(=O)[C@@H](NC(=O)[C@H]1CCCCN1C)[C@@H](C)CC)c1nc(C(=O)N[C@@H](Cc2ccc(OC(=O)N(C)CCN(C)C(=O)CCc3ccc(NC(=O)[C@@H](CCCNC(N)=O)NC(=O)[C@H](NC(=O)CCNC(=O)OCC(OC)OC(CC)CO)C(C)C)cc3)cc2)C[C@H](C)C(=O)O)cs1. The predicted octanol–water partition coefficient (Wildman–Crippen LogP) is 7.14. The predicted molar refractivity (Wildman–Crippen MR) is 413 cm³/mol. The zero-order valence-corrected chi connectivity index (χ0v) is 67.1. The fraction of sp³-hybridized carbons (Fsp3) is 0.662. The number of rotatable bonds is 49. The largest absolute Gasteiger partial charge is 0.481 e. The number of nitrogens with one attached hydrogen (secondary N) is 7. The van der Waals surface area contributed by atoms with E-state index in [4.69, 9.17) is 34.4 Å². The first-order valence-corrected chi connectivity index (χ1v) is 39.1. The summed E-state index contributed by atoms with van der Waals surface area (Å²) in [5.74, 6) is -4.94. The number of carboxylic acids is 1. The Hall–Kier alpha value is -8.56. The normalized spacial score (nSPS) is 15.8. The number of carboxylic acid groups (broad SMARTS) is 1. The number of primary amides is 1. The third kappa shape index (κ3) is 32.5. The van der Waals surface area contributed by atoms with E-state index in [9.17, 15) is 63.0 Å². The van der Waals surface area contributed by atoms with Crippen LogP contribution in [-0.4, -0.2) is 236 Å². The lowest BCUT2D eigenvalue weighted by Crippen LogP contribution is -2.58. The van der Waals surface area contributed by atoms with E-state index in [0.29, 0.717) is 62.4 Å². The van der Waals surface area contributed by atoms with Crippen LogP contribution in [0.5, 0.6) is 5.75 Å².